The third-order valence-electron chi connectivity index (χ3n) is 3.88. The molecule has 2 aromatic rings. The summed E-state index contributed by atoms with van der Waals surface area (Å²) in [5.41, 5.74) is 3.48. The summed E-state index contributed by atoms with van der Waals surface area (Å²) in [6.45, 7) is 3.67. The van der Waals surface area contributed by atoms with E-state index < -0.39 is 17.7 Å². The average molecular weight is 464 g/mol. The Balaban J connectivity index is 1.95. The van der Waals surface area contributed by atoms with E-state index in [1.807, 2.05) is 0 Å². The Morgan fingerprint density at radius 1 is 1.24 bits per heavy atom. The van der Waals surface area contributed by atoms with E-state index in [9.17, 15) is 14.7 Å². The van der Waals surface area contributed by atoms with Gasteiger partial charge in [-0.15, -0.1) is 0 Å². The van der Waals surface area contributed by atoms with Crippen molar-refractivity contribution in [2.24, 2.45) is 11.0 Å². The fraction of sp³-hybridized carbons (Fsp3) is 0.250. The highest BCUT2D eigenvalue weighted by Crippen LogP contribution is 2.35. The van der Waals surface area contributed by atoms with Crippen molar-refractivity contribution in [3.8, 4) is 17.2 Å². The smallest absolute Gasteiger partial charge is 0.252 e. The van der Waals surface area contributed by atoms with Crippen LogP contribution in [0.15, 0.2) is 46.0 Å². The molecule has 0 aliphatic carbocycles. The summed E-state index contributed by atoms with van der Waals surface area (Å²) in [7, 11) is 1.55. The number of methoxy groups -OCH3 is 1. The van der Waals surface area contributed by atoms with Crippen molar-refractivity contribution < 1.29 is 24.2 Å². The van der Waals surface area contributed by atoms with Gasteiger partial charge in [0.2, 0.25) is 5.91 Å². The fourth-order valence-electron chi connectivity index (χ4n) is 2.25. The zero-order chi connectivity index (χ0) is 21.4. The number of rotatable bonds is 8. The number of aromatic hydroxyl groups is 1. The number of amides is 2. The van der Waals surface area contributed by atoms with Crippen molar-refractivity contribution in [1.82, 2.24) is 5.43 Å². The van der Waals surface area contributed by atoms with Gasteiger partial charge in [-0.05, 0) is 71.7 Å². The lowest BCUT2D eigenvalue weighted by Crippen LogP contribution is -2.34. The molecule has 154 valence electrons. The molecule has 2 amide bonds. The highest BCUT2D eigenvalue weighted by Gasteiger charge is 2.21. The molecule has 0 spiro atoms. The molecule has 0 aromatic heterocycles. The first-order valence-electron chi connectivity index (χ1n) is 8.78. The largest absolute Gasteiger partial charge is 0.503 e. The fourth-order valence-corrected chi connectivity index (χ4v) is 2.70. The number of anilines is 1. The summed E-state index contributed by atoms with van der Waals surface area (Å²) >= 11 is 3.23. The number of hydrogen-bond donors (Lipinski definition) is 3. The molecule has 2 rings (SSSR count). The predicted molar refractivity (Wildman–Crippen MR) is 114 cm³/mol. The maximum Gasteiger partial charge on any atom is 0.252 e. The Labute approximate surface area is 177 Å². The molecule has 0 heterocycles. The van der Waals surface area contributed by atoms with Crippen LogP contribution >= 0.6 is 15.9 Å². The Kier molecular flexibility index (Phi) is 8.02. The molecule has 0 aliphatic rings. The maximum absolute atomic E-state index is 12.2. The summed E-state index contributed by atoms with van der Waals surface area (Å²) < 4.78 is 10.8. The van der Waals surface area contributed by atoms with Gasteiger partial charge in [0, 0.05) is 5.69 Å². The molecule has 29 heavy (non-hydrogen) atoms. The number of carbonyl (C=O) groups excluding carboxylic acids is 2. The zero-order valence-electron chi connectivity index (χ0n) is 16.2. The zero-order valence-corrected chi connectivity index (χ0v) is 17.8. The highest BCUT2D eigenvalue weighted by molar-refractivity contribution is 9.10. The van der Waals surface area contributed by atoms with Crippen LogP contribution in [0.4, 0.5) is 5.69 Å². The molecule has 3 N–H and O–H groups in total. The summed E-state index contributed by atoms with van der Waals surface area (Å²) in [4.78, 5) is 24.4. The van der Waals surface area contributed by atoms with Crippen molar-refractivity contribution in [3.05, 3.63) is 46.4 Å². The molecule has 0 saturated heterocycles. The average Bonchev–Trinajstić information content (AvgIpc) is 2.71. The third kappa shape index (κ3) is 6.21. The van der Waals surface area contributed by atoms with E-state index in [1.54, 1.807) is 50.4 Å². The van der Waals surface area contributed by atoms with Gasteiger partial charge in [0.05, 0.1) is 24.4 Å². The first-order valence-corrected chi connectivity index (χ1v) is 9.58. The minimum absolute atomic E-state index is 0.0168. The second-order valence-corrected chi connectivity index (χ2v) is 6.81. The minimum atomic E-state index is -0.959. The topological polar surface area (TPSA) is 109 Å². The second-order valence-electron chi connectivity index (χ2n) is 5.96. The molecule has 8 nitrogen and oxygen atoms in total. The monoisotopic (exact) mass is 463 g/mol. The van der Waals surface area contributed by atoms with Crippen molar-refractivity contribution in [2.75, 3.05) is 19.0 Å². The van der Waals surface area contributed by atoms with Gasteiger partial charge >= 0.3 is 0 Å². The number of halogens is 1. The van der Waals surface area contributed by atoms with E-state index in [1.165, 1.54) is 13.1 Å². The summed E-state index contributed by atoms with van der Waals surface area (Å²) in [5, 5.41) is 16.4. The molecule has 2 aromatic carbocycles. The van der Waals surface area contributed by atoms with Gasteiger partial charge in [-0.25, -0.2) is 5.43 Å². The second kappa shape index (κ2) is 10.5. The number of nitrogens with zero attached hydrogens (tertiary/aromatic N) is 1. The van der Waals surface area contributed by atoms with Crippen LogP contribution in [0.5, 0.6) is 17.2 Å². The van der Waals surface area contributed by atoms with Gasteiger partial charge in [0.25, 0.3) is 5.91 Å². The molecular weight excluding hydrogens is 442 g/mol. The number of ether oxygens (including phenoxy) is 2. The van der Waals surface area contributed by atoms with Crippen molar-refractivity contribution in [2.45, 2.75) is 13.8 Å². The highest BCUT2D eigenvalue weighted by atomic mass is 79.9. The Hall–Kier alpha value is -3.07. The van der Waals surface area contributed by atoms with Crippen molar-refractivity contribution >= 4 is 39.6 Å². The van der Waals surface area contributed by atoms with Crippen LogP contribution < -0.4 is 20.2 Å². The number of nitrogens with one attached hydrogen (secondary N) is 2. The lowest BCUT2D eigenvalue weighted by Gasteiger charge is -2.11. The lowest BCUT2D eigenvalue weighted by atomic mass is 10.1. The van der Waals surface area contributed by atoms with Gasteiger partial charge in [-0.3, -0.25) is 9.59 Å². The summed E-state index contributed by atoms with van der Waals surface area (Å²) in [6, 6.07) is 9.97. The SMILES string of the molecule is CCOc1cc(/C=N/NC(=O)C(C)C(=O)Nc2ccc(OC)cc2)cc(Br)c1O. The predicted octanol–water partition coefficient (Wildman–Crippen LogP) is 3.29. The third-order valence-corrected chi connectivity index (χ3v) is 4.49. The van der Waals surface area contributed by atoms with Gasteiger partial charge in [-0.2, -0.15) is 5.10 Å². The van der Waals surface area contributed by atoms with Crippen LogP contribution in [0.25, 0.3) is 0 Å². The first kappa shape index (κ1) is 22.2. The molecule has 1 unspecified atom stereocenters. The Bertz CT molecular complexity index is 900. The number of carbonyl (C=O) groups is 2. The van der Waals surface area contributed by atoms with Gasteiger partial charge in [-0.1, -0.05) is 0 Å². The van der Waals surface area contributed by atoms with Crippen molar-refractivity contribution in [1.29, 1.82) is 0 Å². The number of phenols is 1. The van der Waals surface area contributed by atoms with E-state index in [4.69, 9.17) is 9.47 Å². The van der Waals surface area contributed by atoms with E-state index in [-0.39, 0.29) is 5.75 Å². The lowest BCUT2D eigenvalue weighted by molar-refractivity contribution is -0.131. The standard InChI is InChI=1S/C20H22BrN3O5/c1-4-29-17-10-13(9-16(21)18(17)25)11-22-24-20(27)12(2)19(26)23-14-5-7-15(28-3)8-6-14/h5-12,25H,4H2,1-3H3,(H,23,26)(H,24,27)/b22-11+. The van der Waals surface area contributed by atoms with E-state index in [0.717, 1.165) is 0 Å². The van der Waals surface area contributed by atoms with E-state index in [0.29, 0.717) is 33.8 Å². The molecule has 0 bridgehead atoms. The van der Waals surface area contributed by atoms with Crippen LogP contribution in [-0.2, 0) is 9.59 Å². The number of benzene rings is 2. The molecule has 9 heteroatoms. The summed E-state index contributed by atoms with van der Waals surface area (Å²) in [5.74, 6) is -1.04. The number of hydrazone groups is 1. The van der Waals surface area contributed by atoms with E-state index in [2.05, 4.69) is 31.8 Å². The van der Waals surface area contributed by atoms with Crippen LogP contribution in [0.3, 0.4) is 0 Å². The molecular formula is C20H22BrN3O5. The van der Waals surface area contributed by atoms with Crippen LogP contribution in [0.2, 0.25) is 0 Å². The number of hydrogen-bond acceptors (Lipinski definition) is 6. The quantitative estimate of drug-likeness (QED) is 0.316. The van der Waals surface area contributed by atoms with Gasteiger partial charge < -0.3 is 19.9 Å². The molecule has 0 saturated carbocycles. The first-order chi connectivity index (χ1) is 13.8. The normalized spacial score (nSPS) is 11.7. The van der Waals surface area contributed by atoms with Crippen LogP contribution in [-0.4, -0.2) is 36.9 Å². The summed E-state index contributed by atoms with van der Waals surface area (Å²) in [6.07, 6.45) is 1.39. The maximum atomic E-state index is 12.2. The molecule has 0 aliphatic heterocycles. The molecule has 0 fully saturated rings. The van der Waals surface area contributed by atoms with Crippen LogP contribution in [0, 0.1) is 5.92 Å². The minimum Gasteiger partial charge on any atom is -0.503 e. The van der Waals surface area contributed by atoms with Crippen molar-refractivity contribution in [3.63, 3.8) is 0 Å². The van der Waals surface area contributed by atoms with Gasteiger partial charge in [0.1, 0.15) is 11.7 Å². The Morgan fingerprint density at radius 3 is 2.55 bits per heavy atom. The van der Waals surface area contributed by atoms with E-state index >= 15 is 0 Å². The van der Waals surface area contributed by atoms with Crippen LogP contribution in [0.1, 0.15) is 19.4 Å². The molecule has 0 radical (unpaired) electrons. The van der Waals surface area contributed by atoms with Gasteiger partial charge in [0.15, 0.2) is 11.5 Å². The molecule has 1 atom stereocenters. The Morgan fingerprint density at radius 2 is 1.93 bits per heavy atom. The number of phenolic OH excluding ortho intramolecular Hbond substituents is 1.